The normalized spacial score (nSPS) is 11.8. The Labute approximate surface area is 131 Å². The highest BCUT2D eigenvalue weighted by atomic mass is 16.3. The van der Waals surface area contributed by atoms with E-state index in [4.69, 9.17) is 0 Å². The van der Waals surface area contributed by atoms with Crippen LogP contribution in [0, 0.1) is 0 Å². The van der Waals surface area contributed by atoms with E-state index in [2.05, 4.69) is 10.3 Å². The zero-order valence-electron chi connectivity index (χ0n) is 13.3. The standard InChI is InChI=1S/C16H25N3O3/c1-3-9-19(10-4-2)16(22)14(12-20)18-15(21)11-13-5-7-17-8-6-13/h5-8,14,20H,3-4,9-12H2,1-2H3,(H,18,21)/t14-/m0/s1. The van der Waals surface area contributed by atoms with Crippen molar-refractivity contribution in [2.45, 2.75) is 39.2 Å². The van der Waals surface area contributed by atoms with Crippen LogP contribution in [0.5, 0.6) is 0 Å². The Hall–Kier alpha value is -1.95. The molecule has 0 aliphatic rings. The maximum atomic E-state index is 12.4. The van der Waals surface area contributed by atoms with E-state index in [1.807, 2.05) is 13.8 Å². The van der Waals surface area contributed by atoms with Crippen LogP contribution in [0.2, 0.25) is 0 Å². The highest BCUT2D eigenvalue weighted by Gasteiger charge is 2.24. The molecule has 0 unspecified atom stereocenters. The molecule has 0 aromatic carbocycles. The number of hydrogen-bond acceptors (Lipinski definition) is 4. The maximum Gasteiger partial charge on any atom is 0.247 e. The van der Waals surface area contributed by atoms with Crippen LogP contribution in [0.3, 0.4) is 0 Å². The van der Waals surface area contributed by atoms with Gasteiger partial charge in [-0.15, -0.1) is 0 Å². The molecule has 1 aromatic heterocycles. The molecular formula is C16H25N3O3. The Balaban J connectivity index is 2.62. The molecule has 2 amide bonds. The van der Waals surface area contributed by atoms with Crippen LogP contribution < -0.4 is 5.32 Å². The molecular weight excluding hydrogens is 282 g/mol. The Bertz CT molecular complexity index is 459. The summed E-state index contributed by atoms with van der Waals surface area (Å²) < 4.78 is 0. The van der Waals surface area contributed by atoms with Gasteiger partial charge in [0.2, 0.25) is 11.8 Å². The first kappa shape index (κ1) is 18.1. The molecule has 1 aromatic rings. The summed E-state index contributed by atoms with van der Waals surface area (Å²) in [5, 5.41) is 12.0. The molecule has 0 aliphatic carbocycles. The van der Waals surface area contributed by atoms with Gasteiger partial charge in [-0.2, -0.15) is 0 Å². The molecule has 122 valence electrons. The van der Waals surface area contributed by atoms with Gasteiger partial charge < -0.3 is 15.3 Å². The van der Waals surface area contributed by atoms with Gasteiger partial charge in [0.25, 0.3) is 0 Å². The first-order valence-electron chi connectivity index (χ1n) is 7.70. The summed E-state index contributed by atoms with van der Waals surface area (Å²) in [6.07, 6.45) is 5.07. The van der Waals surface area contributed by atoms with Gasteiger partial charge in [0.1, 0.15) is 6.04 Å². The summed E-state index contributed by atoms with van der Waals surface area (Å²) in [6.45, 7) is 4.84. The Morgan fingerprint density at radius 2 is 1.82 bits per heavy atom. The maximum absolute atomic E-state index is 12.4. The van der Waals surface area contributed by atoms with Crippen molar-refractivity contribution in [3.8, 4) is 0 Å². The molecule has 0 fully saturated rings. The van der Waals surface area contributed by atoms with Gasteiger partial charge in [0, 0.05) is 25.5 Å². The van der Waals surface area contributed by atoms with Crippen LogP contribution in [-0.4, -0.2) is 52.5 Å². The minimum absolute atomic E-state index is 0.161. The van der Waals surface area contributed by atoms with Crippen LogP contribution in [-0.2, 0) is 16.0 Å². The van der Waals surface area contributed by atoms with Crippen LogP contribution in [0.1, 0.15) is 32.3 Å². The molecule has 2 N–H and O–H groups in total. The van der Waals surface area contributed by atoms with Crippen molar-refractivity contribution in [1.82, 2.24) is 15.2 Å². The average molecular weight is 307 g/mol. The van der Waals surface area contributed by atoms with Gasteiger partial charge in [-0.25, -0.2) is 0 Å². The van der Waals surface area contributed by atoms with E-state index in [0.717, 1.165) is 18.4 Å². The lowest BCUT2D eigenvalue weighted by molar-refractivity contribution is -0.137. The summed E-state index contributed by atoms with van der Waals surface area (Å²) in [7, 11) is 0. The Kier molecular flexibility index (Phi) is 8.14. The van der Waals surface area contributed by atoms with E-state index in [1.165, 1.54) is 0 Å². The van der Waals surface area contributed by atoms with Crippen molar-refractivity contribution in [2.24, 2.45) is 0 Å². The molecule has 1 heterocycles. The second-order valence-electron chi connectivity index (χ2n) is 5.16. The number of aliphatic hydroxyl groups is 1. The van der Waals surface area contributed by atoms with Crippen molar-refractivity contribution in [3.63, 3.8) is 0 Å². The second-order valence-corrected chi connectivity index (χ2v) is 5.16. The van der Waals surface area contributed by atoms with Crippen LogP contribution in [0.4, 0.5) is 0 Å². The molecule has 6 heteroatoms. The first-order chi connectivity index (χ1) is 10.6. The number of nitrogens with one attached hydrogen (secondary N) is 1. The molecule has 0 bridgehead atoms. The molecule has 1 rings (SSSR count). The molecule has 0 saturated carbocycles. The smallest absolute Gasteiger partial charge is 0.247 e. The number of carbonyl (C=O) groups is 2. The lowest BCUT2D eigenvalue weighted by Gasteiger charge is -2.26. The molecule has 22 heavy (non-hydrogen) atoms. The summed E-state index contributed by atoms with van der Waals surface area (Å²) >= 11 is 0. The minimum Gasteiger partial charge on any atom is -0.394 e. The van der Waals surface area contributed by atoms with E-state index in [0.29, 0.717) is 13.1 Å². The van der Waals surface area contributed by atoms with Crippen molar-refractivity contribution in [1.29, 1.82) is 0 Å². The van der Waals surface area contributed by atoms with Crippen molar-refractivity contribution in [3.05, 3.63) is 30.1 Å². The third kappa shape index (κ3) is 5.81. The van der Waals surface area contributed by atoms with Crippen molar-refractivity contribution < 1.29 is 14.7 Å². The van der Waals surface area contributed by atoms with E-state index in [1.54, 1.807) is 29.4 Å². The van der Waals surface area contributed by atoms with E-state index in [-0.39, 0.29) is 18.2 Å². The van der Waals surface area contributed by atoms with Gasteiger partial charge in [-0.05, 0) is 30.5 Å². The second kappa shape index (κ2) is 9.89. The van der Waals surface area contributed by atoms with E-state index < -0.39 is 12.6 Å². The molecule has 6 nitrogen and oxygen atoms in total. The number of nitrogens with zero attached hydrogens (tertiary/aromatic N) is 2. The fourth-order valence-corrected chi connectivity index (χ4v) is 2.21. The molecule has 0 spiro atoms. The van der Waals surface area contributed by atoms with Crippen LogP contribution >= 0.6 is 0 Å². The highest BCUT2D eigenvalue weighted by molar-refractivity contribution is 5.88. The number of amides is 2. The third-order valence-electron chi connectivity index (χ3n) is 3.23. The number of rotatable bonds is 9. The van der Waals surface area contributed by atoms with Crippen molar-refractivity contribution >= 4 is 11.8 Å². The topological polar surface area (TPSA) is 82.5 Å². The Morgan fingerprint density at radius 3 is 2.32 bits per heavy atom. The Morgan fingerprint density at radius 1 is 1.23 bits per heavy atom. The zero-order chi connectivity index (χ0) is 16.4. The fourth-order valence-electron chi connectivity index (χ4n) is 2.21. The summed E-state index contributed by atoms with van der Waals surface area (Å²) in [4.78, 5) is 30.0. The highest BCUT2D eigenvalue weighted by Crippen LogP contribution is 2.02. The number of aliphatic hydroxyl groups excluding tert-OH is 1. The monoisotopic (exact) mass is 307 g/mol. The van der Waals surface area contributed by atoms with Gasteiger partial charge in [0.15, 0.2) is 0 Å². The quantitative estimate of drug-likeness (QED) is 0.705. The van der Waals surface area contributed by atoms with Gasteiger partial charge in [-0.1, -0.05) is 13.8 Å². The lowest BCUT2D eigenvalue weighted by atomic mass is 10.1. The number of aromatic nitrogens is 1. The zero-order valence-corrected chi connectivity index (χ0v) is 13.3. The van der Waals surface area contributed by atoms with E-state index >= 15 is 0 Å². The molecule has 1 atom stereocenters. The largest absolute Gasteiger partial charge is 0.394 e. The van der Waals surface area contributed by atoms with Crippen LogP contribution in [0.15, 0.2) is 24.5 Å². The van der Waals surface area contributed by atoms with Crippen molar-refractivity contribution in [2.75, 3.05) is 19.7 Å². The predicted molar refractivity (Wildman–Crippen MR) is 84.1 cm³/mol. The lowest BCUT2D eigenvalue weighted by Crippen LogP contribution is -2.51. The molecule has 0 radical (unpaired) electrons. The number of hydrogen-bond donors (Lipinski definition) is 2. The van der Waals surface area contributed by atoms with E-state index in [9.17, 15) is 14.7 Å². The SMILES string of the molecule is CCCN(CCC)C(=O)[C@H](CO)NC(=O)Cc1ccncc1. The van der Waals surface area contributed by atoms with Crippen LogP contribution in [0.25, 0.3) is 0 Å². The molecule has 0 saturated heterocycles. The van der Waals surface area contributed by atoms with Gasteiger partial charge in [-0.3, -0.25) is 14.6 Å². The molecule has 0 aliphatic heterocycles. The average Bonchev–Trinajstić information content (AvgIpc) is 2.52. The predicted octanol–water partition coefficient (Wildman–Crippen LogP) is 0.750. The number of pyridine rings is 1. The minimum atomic E-state index is -0.882. The summed E-state index contributed by atoms with van der Waals surface area (Å²) in [5.74, 6) is -0.513. The van der Waals surface area contributed by atoms with Gasteiger partial charge >= 0.3 is 0 Å². The summed E-state index contributed by atoms with van der Waals surface area (Å²) in [6, 6.07) is 2.61. The summed E-state index contributed by atoms with van der Waals surface area (Å²) in [5.41, 5.74) is 0.815. The fraction of sp³-hybridized carbons (Fsp3) is 0.562. The van der Waals surface area contributed by atoms with Gasteiger partial charge in [0.05, 0.1) is 13.0 Å². The third-order valence-corrected chi connectivity index (χ3v) is 3.23. The number of carbonyl (C=O) groups excluding carboxylic acids is 2. The first-order valence-corrected chi connectivity index (χ1v) is 7.70.